The van der Waals surface area contributed by atoms with Crippen LogP contribution in [-0.2, 0) is 0 Å². The summed E-state index contributed by atoms with van der Waals surface area (Å²) in [5.74, 6) is 0. The molecule has 4 heteroatoms. The quantitative estimate of drug-likeness (QED) is 0.382. The van der Waals surface area contributed by atoms with Crippen LogP contribution in [0.4, 0.5) is 0 Å². The van der Waals surface area contributed by atoms with Crippen molar-refractivity contribution in [2.75, 3.05) is 0 Å². The standard InChI is InChI=1S/Ca.Mg.S.Si. The van der Waals surface area contributed by atoms with E-state index in [1.807, 2.05) is 0 Å². The van der Waals surface area contributed by atoms with Crippen LogP contribution < -0.4 is 0 Å². The number of rotatable bonds is 0. The summed E-state index contributed by atoms with van der Waals surface area (Å²) in [6.07, 6.45) is 0. The molecule has 0 N–H and O–H groups in total. The van der Waals surface area contributed by atoms with Crippen LogP contribution in [0.15, 0.2) is 0 Å². The molecule has 0 aromatic heterocycles. The van der Waals surface area contributed by atoms with Crippen molar-refractivity contribution in [3.63, 3.8) is 0 Å². The Morgan fingerprint density at radius 2 is 1.00 bits per heavy atom. The van der Waals surface area contributed by atoms with Gasteiger partial charge in [0.1, 0.15) is 0 Å². The Kier molecular flexibility index (Phi) is 135. The van der Waals surface area contributed by atoms with Crippen molar-refractivity contribution in [3.8, 4) is 0 Å². The van der Waals surface area contributed by atoms with E-state index in [-0.39, 0.29) is 85.3 Å². The molecule has 0 aromatic carbocycles. The zero-order valence-corrected chi connectivity index (χ0v) is 7.76. The third-order valence-electron chi connectivity index (χ3n) is 0. The van der Waals surface area contributed by atoms with E-state index in [0.29, 0.717) is 0 Å². The van der Waals surface area contributed by atoms with Gasteiger partial charge in [-0.25, -0.2) is 0 Å². The fraction of sp³-hybridized carbons (Fsp3) is 0. The third kappa shape index (κ3) is 8.82. The molecule has 0 saturated heterocycles. The molecule has 0 rings (SSSR count). The molecule has 0 aromatic rings. The van der Waals surface area contributed by atoms with E-state index in [1.54, 1.807) is 0 Å². The van der Waals surface area contributed by atoms with Crippen molar-refractivity contribution in [2.45, 2.75) is 0 Å². The molecule has 0 atom stereocenters. The Morgan fingerprint density at radius 3 is 1.00 bits per heavy atom. The molecule has 0 amide bonds. The van der Waals surface area contributed by atoms with E-state index < -0.39 is 0 Å². The molecule has 0 heterocycles. The molecule has 0 aliphatic heterocycles. The second-order valence-electron chi connectivity index (χ2n) is 0. The maximum Gasteiger partial charge on any atom is 0 e. The van der Waals surface area contributed by atoms with Gasteiger partial charge in [-0.2, -0.15) is 0 Å². The molecule has 0 spiro atoms. The molecular weight excluding hydrogens is 125 g/mol. The van der Waals surface area contributed by atoms with E-state index in [1.165, 1.54) is 0 Å². The van der Waals surface area contributed by atoms with Gasteiger partial charge < -0.3 is 0 Å². The molecule has 10 radical (unpaired) electrons. The van der Waals surface area contributed by atoms with Crippen LogP contribution in [0, 0.1) is 0 Å². The van der Waals surface area contributed by atoms with Crippen molar-refractivity contribution in [3.05, 3.63) is 0 Å². The first-order valence-electron chi connectivity index (χ1n) is 0. The van der Waals surface area contributed by atoms with Gasteiger partial charge in [0.15, 0.2) is 0 Å². The van der Waals surface area contributed by atoms with Crippen molar-refractivity contribution in [1.29, 1.82) is 0 Å². The Bertz CT molecular complexity index is 8.00. The van der Waals surface area contributed by atoms with Gasteiger partial charge in [-0.15, -0.1) is 0 Å². The fourth-order valence-electron chi connectivity index (χ4n) is 0. The Balaban J connectivity index is 0. The first kappa shape index (κ1) is 30.7. The maximum atomic E-state index is 0. The van der Waals surface area contributed by atoms with Gasteiger partial charge in [0, 0.05) is 85.3 Å². The summed E-state index contributed by atoms with van der Waals surface area (Å²) < 4.78 is 0. The Morgan fingerprint density at radius 1 is 1.00 bits per heavy atom. The minimum Gasteiger partial charge on any atom is 0 e. The Labute approximate surface area is 83.7 Å². The summed E-state index contributed by atoms with van der Waals surface area (Å²) in [4.78, 5) is 0. The summed E-state index contributed by atoms with van der Waals surface area (Å²) in [7, 11) is 0. The molecule has 0 unspecified atom stereocenters. The first-order chi connectivity index (χ1) is 0. The van der Waals surface area contributed by atoms with Crippen molar-refractivity contribution in [2.24, 2.45) is 0 Å². The summed E-state index contributed by atoms with van der Waals surface area (Å²) >= 11 is 0. The van der Waals surface area contributed by atoms with Crippen LogP contribution in [0.2, 0.25) is 0 Å². The smallest absolute Gasteiger partial charge is 0 e. The van der Waals surface area contributed by atoms with E-state index >= 15 is 0 Å². The van der Waals surface area contributed by atoms with Gasteiger partial charge in [-0.05, 0) is 0 Å². The van der Waals surface area contributed by atoms with Gasteiger partial charge in [0.05, 0.1) is 0 Å². The predicted molar refractivity (Wildman–Crippen MR) is 24.9 cm³/mol. The molecule has 0 saturated carbocycles. The van der Waals surface area contributed by atoms with E-state index in [4.69, 9.17) is 0 Å². The zero-order chi connectivity index (χ0) is 0. The zero-order valence-electron chi connectivity index (χ0n) is 2.32. The van der Waals surface area contributed by atoms with Crippen LogP contribution in [0.5, 0.6) is 0 Å². The largest absolute Gasteiger partial charge is 0 e. The molecule has 4 heavy (non-hydrogen) atoms. The second kappa shape index (κ2) is 17.5. The topological polar surface area (TPSA) is 0 Å². The van der Waals surface area contributed by atoms with Crippen LogP contribution in [0.1, 0.15) is 0 Å². The number of hydrogen-bond acceptors (Lipinski definition) is 0. The SMILES string of the molecule is [Ca].[Mg].[S].[Si]. The summed E-state index contributed by atoms with van der Waals surface area (Å²) in [5, 5.41) is 0. The minimum absolute atomic E-state index is 0. The molecule has 0 bridgehead atoms. The van der Waals surface area contributed by atoms with Crippen LogP contribution in [0.3, 0.4) is 0 Å². The molecule has 0 aliphatic carbocycles. The third-order valence-corrected chi connectivity index (χ3v) is 0. The van der Waals surface area contributed by atoms with Crippen LogP contribution >= 0.6 is 13.5 Å². The van der Waals surface area contributed by atoms with Gasteiger partial charge in [0.25, 0.3) is 0 Å². The predicted octanol–water partition coefficient (Wildman–Crippen LogP) is -0.494. The van der Waals surface area contributed by atoms with Gasteiger partial charge in [-0.1, -0.05) is 0 Å². The first-order valence-corrected chi connectivity index (χ1v) is 0. The average molecular weight is 125 g/mol. The minimum atomic E-state index is 0. The maximum absolute atomic E-state index is 0. The van der Waals surface area contributed by atoms with Gasteiger partial charge in [0.2, 0.25) is 0 Å². The van der Waals surface area contributed by atoms with Gasteiger partial charge in [-0.3, -0.25) is 0 Å². The molecule has 0 aliphatic rings. The van der Waals surface area contributed by atoms with E-state index in [2.05, 4.69) is 0 Å². The summed E-state index contributed by atoms with van der Waals surface area (Å²) in [6.45, 7) is 0. The van der Waals surface area contributed by atoms with Crippen molar-refractivity contribution in [1.82, 2.24) is 0 Å². The Hall–Kier alpha value is 2.59. The molecule has 14 valence electrons. The van der Waals surface area contributed by atoms with Crippen LogP contribution in [-0.4, -0.2) is 71.8 Å². The molecule has 0 fully saturated rings. The average Bonchev–Trinajstić information content (AvgIpc) is 0. The van der Waals surface area contributed by atoms with E-state index in [0.717, 1.165) is 0 Å². The van der Waals surface area contributed by atoms with E-state index in [9.17, 15) is 0 Å². The summed E-state index contributed by atoms with van der Waals surface area (Å²) in [6, 6.07) is 0. The number of hydrogen-bond donors (Lipinski definition) is 0. The molecular formula is CaMgSSi. The normalized spacial score (nSPS) is 0. The second-order valence-corrected chi connectivity index (χ2v) is 0. The van der Waals surface area contributed by atoms with Crippen molar-refractivity contribution >= 4 is 85.3 Å². The summed E-state index contributed by atoms with van der Waals surface area (Å²) in [5.41, 5.74) is 0. The fourth-order valence-corrected chi connectivity index (χ4v) is 0. The van der Waals surface area contributed by atoms with Crippen LogP contribution in [0.25, 0.3) is 0 Å². The van der Waals surface area contributed by atoms with Crippen molar-refractivity contribution < 1.29 is 0 Å². The van der Waals surface area contributed by atoms with Gasteiger partial charge >= 0.3 is 0 Å². The monoisotopic (exact) mass is 124 g/mol. The molecule has 0 nitrogen and oxygen atoms in total.